The third-order valence-electron chi connectivity index (χ3n) is 5.14. The highest BCUT2D eigenvalue weighted by Crippen LogP contribution is 2.25. The van der Waals surface area contributed by atoms with E-state index in [-0.39, 0.29) is 10.8 Å². The van der Waals surface area contributed by atoms with Crippen molar-refractivity contribution in [2.24, 2.45) is 0 Å². The first-order valence-electron chi connectivity index (χ1n) is 10.7. The SMILES string of the molecule is Cc1cc(CSc2ccccc2)ccc1NC(=O)c1ccc(NS(=O)(=O)c2ccccc2)cc1. The summed E-state index contributed by atoms with van der Waals surface area (Å²) in [6.45, 7) is 1.97. The van der Waals surface area contributed by atoms with Crippen LogP contribution in [0.1, 0.15) is 21.5 Å². The molecule has 0 bridgehead atoms. The predicted molar refractivity (Wildman–Crippen MR) is 139 cm³/mol. The first-order chi connectivity index (χ1) is 16.4. The zero-order valence-corrected chi connectivity index (χ0v) is 20.2. The van der Waals surface area contributed by atoms with Crippen molar-refractivity contribution >= 4 is 39.1 Å². The van der Waals surface area contributed by atoms with Gasteiger partial charge in [-0.1, -0.05) is 48.5 Å². The van der Waals surface area contributed by atoms with Crippen molar-refractivity contribution in [2.45, 2.75) is 22.5 Å². The Morgan fingerprint density at radius 3 is 2.12 bits per heavy atom. The van der Waals surface area contributed by atoms with Gasteiger partial charge in [-0.15, -0.1) is 11.8 Å². The van der Waals surface area contributed by atoms with E-state index >= 15 is 0 Å². The van der Waals surface area contributed by atoms with E-state index in [2.05, 4.69) is 28.2 Å². The minimum Gasteiger partial charge on any atom is -0.322 e. The van der Waals surface area contributed by atoms with Crippen LogP contribution in [0.3, 0.4) is 0 Å². The maximum atomic E-state index is 12.7. The Bertz CT molecular complexity index is 1370. The van der Waals surface area contributed by atoms with Gasteiger partial charge in [-0.05, 0) is 72.6 Å². The Labute approximate surface area is 204 Å². The van der Waals surface area contributed by atoms with Crippen molar-refractivity contribution in [3.63, 3.8) is 0 Å². The third-order valence-corrected chi connectivity index (χ3v) is 7.62. The minimum absolute atomic E-state index is 0.179. The maximum absolute atomic E-state index is 12.7. The number of hydrogen-bond donors (Lipinski definition) is 2. The van der Waals surface area contributed by atoms with E-state index < -0.39 is 10.0 Å². The molecule has 0 radical (unpaired) electrons. The molecular weight excluding hydrogens is 464 g/mol. The summed E-state index contributed by atoms with van der Waals surface area (Å²) in [7, 11) is -3.68. The summed E-state index contributed by atoms with van der Waals surface area (Å²) in [5.41, 5.74) is 3.72. The largest absolute Gasteiger partial charge is 0.322 e. The number of thioether (sulfide) groups is 1. The lowest BCUT2D eigenvalue weighted by molar-refractivity contribution is 0.102. The number of hydrogen-bond acceptors (Lipinski definition) is 4. The van der Waals surface area contributed by atoms with Crippen molar-refractivity contribution in [1.29, 1.82) is 0 Å². The molecule has 0 saturated heterocycles. The molecule has 172 valence electrons. The summed E-state index contributed by atoms with van der Waals surface area (Å²) in [5.74, 6) is 0.589. The first-order valence-corrected chi connectivity index (χ1v) is 13.1. The van der Waals surface area contributed by atoms with E-state index in [1.807, 2.05) is 37.3 Å². The van der Waals surface area contributed by atoms with Crippen LogP contribution >= 0.6 is 11.8 Å². The molecule has 7 heteroatoms. The number of carbonyl (C=O) groups is 1. The molecule has 0 saturated carbocycles. The summed E-state index contributed by atoms with van der Waals surface area (Å²) in [6.07, 6.45) is 0. The molecule has 0 spiro atoms. The van der Waals surface area contributed by atoms with Crippen LogP contribution in [0.15, 0.2) is 113 Å². The number of amides is 1. The second-order valence-electron chi connectivity index (χ2n) is 7.70. The van der Waals surface area contributed by atoms with Crippen molar-refractivity contribution in [3.8, 4) is 0 Å². The van der Waals surface area contributed by atoms with Gasteiger partial charge in [0, 0.05) is 27.6 Å². The lowest BCUT2D eigenvalue weighted by Crippen LogP contribution is -2.14. The highest BCUT2D eigenvalue weighted by molar-refractivity contribution is 7.98. The van der Waals surface area contributed by atoms with E-state index in [1.54, 1.807) is 54.2 Å². The number of rotatable bonds is 8. The first kappa shape index (κ1) is 23.6. The molecule has 1 amide bonds. The Morgan fingerprint density at radius 1 is 0.824 bits per heavy atom. The van der Waals surface area contributed by atoms with Crippen LogP contribution in [0.4, 0.5) is 11.4 Å². The van der Waals surface area contributed by atoms with Crippen molar-refractivity contribution in [2.75, 3.05) is 10.0 Å². The number of nitrogens with one attached hydrogen (secondary N) is 2. The zero-order valence-electron chi connectivity index (χ0n) is 18.6. The van der Waals surface area contributed by atoms with Gasteiger partial charge in [0.25, 0.3) is 15.9 Å². The fourth-order valence-corrected chi connectivity index (χ4v) is 5.28. The van der Waals surface area contributed by atoms with Gasteiger partial charge in [-0.25, -0.2) is 8.42 Å². The molecule has 2 N–H and O–H groups in total. The number of benzene rings is 4. The molecule has 0 unspecified atom stereocenters. The maximum Gasteiger partial charge on any atom is 0.261 e. The molecule has 0 heterocycles. The summed E-state index contributed by atoms with van der Waals surface area (Å²) >= 11 is 1.77. The number of anilines is 2. The molecule has 0 fully saturated rings. The van der Waals surface area contributed by atoms with Crippen LogP contribution in [-0.2, 0) is 15.8 Å². The number of sulfonamides is 1. The predicted octanol–water partition coefficient (Wildman–Crippen LogP) is 6.34. The van der Waals surface area contributed by atoms with Gasteiger partial charge in [0.2, 0.25) is 0 Å². The molecule has 0 aromatic heterocycles. The van der Waals surface area contributed by atoms with E-state index in [0.29, 0.717) is 11.3 Å². The molecular formula is C27H24N2O3S2. The zero-order chi connectivity index (χ0) is 24.0. The summed E-state index contributed by atoms with van der Waals surface area (Å²) in [4.78, 5) is 14.1. The smallest absolute Gasteiger partial charge is 0.261 e. The Balaban J connectivity index is 1.38. The Kier molecular flexibility index (Phi) is 7.35. The molecule has 0 aliphatic heterocycles. The fourth-order valence-electron chi connectivity index (χ4n) is 3.34. The van der Waals surface area contributed by atoms with Crippen LogP contribution in [-0.4, -0.2) is 14.3 Å². The van der Waals surface area contributed by atoms with Gasteiger partial charge in [0.15, 0.2) is 0 Å². The van der Waals surface area contributed by atoms with Gasteiger partial charge < -0.3 is 5.32 Å². The Morgan fingerprint density at radius 2 is 1.47 bits per heavy atom. The lowest BCUT2D eigenvalue weighted by Gasteiger charge is -2.11. The number of carbonyl (C=O) groups excluding carboxylic acids is 1. The molecule has 0 aliphatic carbocycles. The molecule has 0 aliphatic rings. The van der Waals surface area contributed by atoms with Gasteiger partial charge in [0.05, 0.1) is 4.90 Å². The van der Waals surface area contributed by atoms with E-state index in [0.717, 1.165) is 17.0 Å². The third kappa shape index (κ3) is 6.07. The van der Waals surface area contributed by atoms with Crippen LogP contribution in [0.25, 0.3) is 0 Å². The van der Waals surface area contributed by atoms with Gasteiger partial charge in [0.1, 0.15) is 0 Å². The van der Waals surface area contributed by atoms with Crippen molar-refractivity contribution < 1.29 is 13.2 Å². The topological polar surface area (TPSA) is 75.3 Å². The standard InChI is InChI=1S/C27H24N2O3S2/c1-20-18-21(19-33-24-8-4-2-5-9-24)12-17-26(20)28-27(30)22-13-15-23(16-14-22)29-34(31,32)25-10-6-3-7-11-25/h2-18,29H,19H2,1H3,(H,28,30). The molecule has 4 aromatic carbocycles. The normalized spacial score (nSPS) is 11.1. The van der Waals surface area contributed by atoms with Gasteiger partial charge >= 0.3 is 0 Å². The van der Waals surface area contributed by atoms with Gasteiger partial charge in [-0.2, -0.15) is 0 Å². The second-order valence-corrected chi connectivity index (χ2v) is 10.4. The molecule has 5 nitrogen and oxygen atoms in total. The highest BCUT2D eigenvalue weighted by atomic mass is 32.2. The van der Waals surface area contributed by atoms with Crippen molar-refractivity contribution in [3.05, 3.63) is 120 Å². The average molecular weight is 489 g/mol. The second kappa shape index (κ2) is 10.6. The molecule has 4 rings (SSSR count). The lowest BCUT2D eigenvalue weighted by atomic mass is 10.1. The van der Waals surface area contributed by atoms with Crippen LogP contribution < -0.4 is 10.0 Å². The monoisotopic (exact) mass is 488 g/mol. The van der Waals surface area contributed by atoms with E-state index in [1.165, 1.54) is 22.6 Å². The fraction of sp³-hybridized carbons (Fsp3) is 0.0741. The average Bonchev–Trinajstić information content (AvgIpc) is 2.85. The minimum atomic E-state index is -3.68. The van der Waals surface area contributed by atoms with Crippen LogP contribution in [0.5, 0.6) is 0 Å². The Hall–Kier alpha value is -3.55. The van der Waals surface area contributed by atoms with Crippen molar-refractivity contribution in [1.82, 2.24) is 0 Å². The summed E-state index contributed by atoms with van der Waals surface area (Å²) in [6, 6.07) is 30.7. The van der Waals surface area contributed by atoms with E-state index in [9.17, 15) is 13.2 Å². The van der Waals surface area contributed by atoms with Crippen LogP contribution in [0, 0.1) is 6.92 Å². The van der Waals surface area contributed by atoms with Gasteiger partial charge in [-0.3, -0.25) is 9.52 Å². The van der Waals surface area contributed by atoms with Crippen LogP contribution in [0.2, 0.25) is 0 Å². The van der Waals surface area contributed by atoms with E-state index in [4.69, 9.17) is 0 Å². The molecule has 0 atom stereocenters. The summed E-state index contributed by atoms with van der Waals surface area (Å²) < 4.78 is 27.5. The highest BCUT2D eigenvalue weighted by Gasteiger charge is 2.14. The molecule has 34 heavy (non-hydrogen) atoms. The number of aryl methyl sites for hydroxylation is 1. The quantitative estimate of drug-likeness (QED) is 0.284. The summed E-state index contributed by atoms with van der Waals surface area (Å²) in [5, 5.41) is 2.94. The molecule has 4 aromatic rings.